The molecule has 0 aliphatic carbocycles. The Morgan fingerprint density at radius 3 is 0.862 bits per heavy atom. The van der Waals surface area contributed by atoms with Crippen LogP contribution in [-0.4, -0.2) is 16.1 Å². The summed E-state index contributed by atoms with van der Waals surface area (Å²) in [7, 11) is -4.83. The first-order valence-corrected chi connectivity index (χ1v) is 27.0. The maximum absolute atomic E-state index is 4.30. The molecule has 2 aromatic heterocycles. The predicted octanol–water partition coefficient (Wildman–Crippen LogP) is 18.2. The molecule has 0 radical (unpaired) electrons. The van der Waals surface area contributed by atoms with E-state index in [1.807, 2.05) is 22.7 Å². The highest BCUT2D eigenvalue weighted by atomic mass is 32.1. The molecule has 7 rings (SSSR count). The zero-order chi connectivity index (χ0) is 42.8. The van der Waals surface area contributed by atoms with Crippen LogP contribution in [0, 0.1) is 22.9 Å². The van der Waals surface area contributed by atoms with Gasteiger partial charge in [-0.2, -0.15) is 0 Å². The molecule has 5 aromatic carbocycles. The number of hydrogen-bond acceptors (Lipinski definition) is 2. The minimum absolute atomic E-state index is 0.0445. The second kappa shape index (κ2) is 13.6. The highest BCUT2D eigenvalue weighted by Crippen LogP contribution is 2.63. The monoisotopic (exact) mass is 834 g/mol. The average Bonchev–Trinajstić information content (AvgIpc) is 3.70. The van der Waals surface area contributed by atoms with Crippen molar-refractivity contribution in [3.05, 3.63) is 82.6 Å². The molecular formula is C54H66S2Si2. The zero-order valence-corrected chi connectivity index (χ0v) is 42.4. The molecule has 0 nitrogen and oxygen atoms in total. The van der Waals surface area contributed by atoms with E-state index in [4.69, 9.17) is 0 Å². The van der Waals surface area contributed by atoms with Gasteiger partial charge in [0.15, 0.2) is 16.1 Å². The standard InChI is InChI=1S/C54H66S2Si2/c1-49(2,3)57(50(4,5)6,51(7,8)9)25-21-41-43-29-37-27-35-19-23-55-47(35)33-39(37)31-45(43)42(22-26-58(52(10,11)12,53(13,14)15)54(16,17)18)46-32-40-34-48-36(20-24-56-48)28-38(40)30-44(41)46/h19-20,23-24,27-34H,1-18H3. The Kier molecular flexibility index (Phi) is 9.99. The van der Waals surface area contributed by atoms with Gasteiger partial charge in [-0.25, -0.2) is 0 Å². The Morgan fingerprint density at radius 1 is 0.345 bits per heavy atom. The van der Waals surface area contributed by atoms with E-state index in [1.165, 1.54) is 63.3 Å². The molecule has 7 aromatic rings. The Morgan fingerprint density at radius 2 is 0.603 bits per heavy atom. The summed E-state index contributed by atoms with van der Waals surface area (Å²) in [5, 5.41) is 17.2. The molecule has 0 spiro atoms. The Bertz CT molecular complexity index is 2500. The first kappa shape index (κ1) is 42.7. The molecular weight excluding hydrogens is 769 g/mol. The third-order valence-corrected chi connectivity index (χ3v) is 29.9. The van der Waals surface area contributed by atoms with Gasteiger partial charge in [0, 0.05) is 20.5 Å². The van der Waals surface area contributed by atoms with Gasteiger partial charge >= 0.3 is 0 Å². The topological polar surface area (TPSA) is 0 Å². The van der Waals surface area contributed by atoms with Crippen LogP contribution in [0.1, 0.15) is 136 Å². The van der Waals surface area contributed by atoms with Gasteiger partial charge in [-0.3, -0.25) is 0 Å². The third-order valence-electron chi connectivity index (χ3n) is 13.7. The van der Waals surface area contributed by atoms with Crippen molar-refractivity contribution in [3.8, 4) is 22.9 Å². The van der Waals surface area contributed by atoms with E-state index in [0.29, 0.717) is 0 Å². The van der Waals surface area contributed by atoms with Gasteiger partial charge < -0.3 is 0 Å². The van der Waals surface area contributed by atoms with Crippen LogP contribution in [0.15, 0.2) is 71.4 Å². The van der Waals surface area contributed by atoms with E-state index >= 15 is 0 Å². The van der Waals surface area contributed by atoms with E-state index in [-0.39, 0.29) is 30.2 Å². The maximum Gasteiger partial charge on any atom is 0.154 e. The van der Waals surface area contributed by atoms with Crippen LogP contribution in [0.25, 0.3) is 63.3 Å². The number of thiophene rings is 2. The lowest BCUT2D eigenvalue weighted by Crippen LogP contribution is -2.57. The third kappa shape index (κ3) is 6.52. The molecule has 0 bridgehead atoms. The fourth-order valence-electron chi connectivity index (χ4n) is 13.1. The zero-order valence-electron chi connectivity index (χ0n) is 38.7. The molecule has 0 N–H and O–H groups in total. The largest absolute Gasteiger partial charge is 0.154 e. The Hall–Kier alpha value is -3.39. The molecule has 0 atom stereocenters. The van der Waals surface area contributed by atoms with Gasteiger partial charge in [0.25, 0.3) is 0 Å². The van der Waals surface area contributed by atoms with Crippen LogP contribution in [0.3, 0.4) is 0 Å². The molecule has 302 valence electrons. The maximum atomic E-state index is 4.30. The Labute approximate surface area is 360 Å². The van der Waals surface area contributed by atoms with E-state index in [0.717, 1.165) is 11.1 Å². The fraction of sp³-hybridized carbons (Fsp3) is 0.444. The second-order valence-corrected chi connectivity index (χ2v) is 37.8. The van der Waals surface area contributed by atoms with Crippen molar-refractivity contribution in [2.45, 2.75) is 155 Å². The average molecular weight is 835 g/mol. The normalized spacial score (nSPS) is 14.1. The van der Waals surface area contributed by atoms with E-state index < -0.39 is 16.1 Å². The quantitative estimate of drug-likeness (QED) is 0.0811. The lowest BCUT2D eigenvalue weighted by molar-refractivity contribution is 0.548. The van der Waals surface area contributed by atoms with Crippen LogP contribution in [0.4, 0.5) is 0 Å². The summed E-state index contributed by atoms with van der Waals surface area (Å²) in [5.41, 5.74) is 10.9. The summed E-state index contributed by atoms with van der Waals surface area (Å²) in [6.45, 7) is 44.2. The van der Waals surface area contributed by atoms with E-state index in [9.17, 15) is 0 Å². The number of benzene rings is 5. The first-order valence-electron chi connectivity index (χ1n) is 21.2. The van der Waals surface area contributed by atoms with Gasteiger partial charge in [-0.05, 0) is 156 Å². The SMILES string of the molecule is CC(C)(C)[Si](C#Cc1c2cc3cc4ccsc4cc3cc2c(C#C[Si](C(C)(C)C)(C(C)(C)C)C(C)(C)C)c2cc3cc4sccc4cc3cc12)(C(C)(C)C)C(C)(C)C. The van der Waals surface area contributed by atoms with Gasteiger partial charge in [0.2, 0.25) is 0 Å². The highest BCUT2D eigenvalue weighted by Gasteiger charge is 2.60. The molecule has 2 heterocycles. The van der Waals surface area contributed by atoms with Crippen molar-refractivity contribution in [3.63, 3.8) is 0 Å². The molecule has 0 amide bonds. The van der Waals surface area contributed by atoms with Crippen LogP contribution in [0.5, 0.6) is 0 Å². The van der Waals surface area contributed by atoms with Crippen molar-refractivity contribution in [2.75, 3.05) is 0 Å². The van der Waals surface area contributed by atoms with Crippen molar-refractivity contribution >= 4 is 102 Å². The smallest absolute Gasteiger partial charge is 0.144 e. The van der Waals surface area contributed by atoms with Crippen molar-refractivity contribution in [1.29, 1.82) is 0 Å². The minimum atomic E-state index is -2.42. The number of fused-ring (bicyclic) bond motifs is 6. The first-order chi connectivity index (χ1) is 26.5. The van der Waals surface area contributed by atoms with E-state index in [1.54, 1.807) is 0 Å². The molecule has 0 saturated heterocycles. The number of rotatable bonds is 0. The van der Waals surface area contributed by atoms with Crippen LogP contribution in [0.2, 0.25) is 30.2 Å². The molecule has 0 aliphatic heterocycles. The number of hydrogen-bond donors (Lipinski definition) is 0. The highest BCUT2D eigenvalue weighted by molar-refractivity contribution is 7.17. The van der Waals surface area contributed by atoms with Gasteiger partial charge in [0.05, 0.1) is 0 Å². The van der Waals surface area contributed by atoms with Gasteiger partial charge in [0.1, 0.15) is 0 Å². The molecule has 0 unspecified atom stereocenters. The van der Waals surface area contributed by atoms with Crippen molar-refractivity contribution in [1.82, 2.24) is 0 Å². The molecule has 0 fully saturated rings. The summed E-state index contributed by atoms with van der Waals surface area (Å²) in [6, 6.07) is 23.9. The van der Waals surface area contributed by atoms with Crippen LogP contribution >= 0.6 is 22.7 Å². The molecule has 0 aliphatic rings. The summed E-state index contributed by atoms with van der Waals surface area (Å²) in [5.74, 6) is 8.27. The molecule has 58 heavy (non-hydrogen) atoms. The van der Waals surface area contributed by atoms with Crippen LogP contribution < -0.4 is 0 Å². The van der Waals surface area contributed by atoms with Crippen molar-refractivity contribution in [2.24, 2.45) is 0 Å². The lowest BCUT2D eigenvalue weighted by atomic mass is 9.88. The minimum Gasteiger partial charge on any atom is -0.144 e. The van der Waals surface area contributed by atoms with E-state index in [2.05, 4.69) is 219 Å². The summed E-state index contributed by atoms with van der Waals surface area (Å²) in [4.78, 5) is 0. The Balaban J connectivity index is 1.76. The van der Waals surface area contributed by atoms with Crippen molar-refractivity contribution < 1.29 is 0 Å². The molecule has 0 saturated carbocycles. The summed E-state index contributed by atoms with van der Waals surface area (Å²) < 4.78 is 2.64. The summed E-state index contributed by atoms with van der Waals surface area (Å²) in [6.07, 6.45) is 0. The van der Waals surface area contributed by atoms with Gasteiger partial charge in [-0.1, -0.05) is 136 Å². The molecule has 4 heteroatoms. The van der Waals surface area contributed by atoms with Crippen LogP contribution in [-0.2, 0) is 0 Å². The summed E-state index contributed by atoms with van der Waals surface area (Å²) >= 11 is 3.64. The van der Waals surface area contributed by atoms with Gasteiger partial charge in [-0.15, -0.1) is 33.8 Å². The predicted molar refractivity (Wildman–Crippen MR) is 271 cm³/mol. The second-order valence-electron chi connectivity index (χ2n) is 23.4. The fourth-order valence-corrected chi connectivity index (χ4v) is 31.1. The lowest BCUT2D eigenvalue weighted by Gasteiger charge is -2.55.